The van der Waals surface area contributed by atoms with Crippen molar-refractivity contribution >= 4 is 15.8 Å². The number of sulfonamides is 1. The summed E-state index contributed by atoms with van der Waals surface area (Å²) in [6.07, 6.45) is 1.32. The summed E-state index contributed by atoms with van der Waals surface area (Å²) in [6, 6.07) is 7.89. The van der Waals surface area contributed by atoms with Crippen LogP contribution in [0, 0.1) is 17.5 Å². The maximum absolute atomic E-state index is 14.3. The highest BCUT2D eigenvalue weighted by Gasteiger charge is 2.31. The molecular weight excluding hydrogens is 423 g/mol. The fraction of sp³-hybridized carbons (Fsp3) is 0.158. The van der Waals surface area contributed by atoms with Gasteiger partial charge in [0.15, 0.2) is 17.5 Å². The van der Waals surface area contributed by atoms with Gasteiger partial charge in [-0.05, 0) is 24.3 Å². The van der Waals surface area contributed by atoms with E-state index < -0.39 is 32.4 Å². The average Bonchev–Trinajstić information content (AvgIpc) is 2.74. The highest BCUT2D eigenvalue weighted by molar-refractivity contribution is 7.92. The first-order chi connectivity index (χ1) is 14.3. The second kappa shape index (κ2) is 8.57. The molecule has 0 radical (unpaired) electrons. The molecule has 11 heteroatoms. The molecule has 0 saturated heterocycles. The second-order valence-corrected chi connectivity index (χ2v) is 7.80. The quantitative estimate of drug-likeness (QED) is 0.526. The number of methoxy groups -OCH3 is 2. The zero-order valence-electron chi connectivity index (χ0n) is 15.8. The first-order valence-corrected chi connectivity index (χ1v) is 9.88. The van der Waals surface area contributed by atoms with Crippen LogP contribution in [-0.2, 0) is 16.6 Å². The number of halogens is 3. The van der Waals surface area contributed by atoms with E-state index in [0.29, 0.717) is 17.1 Å². The van der Waals surface area contributed by atoms with Gasteiger partial charge in [-0.15, -0.1) is 5.10 Å². The predicted molar refractivity (Wildman–Crippen MR) is 101 cm³/mol. The Hall–Kier alpha value is -3.34. The van der Waals surface area contributed by atoms with Gasteiger partial charge in [0, 0.05) is 30.0 Å². The van der Waals surface area contributed by atoms with Gasteiger partial charge in [0.2, 0.25) is 0 Å². The van der Waals surface area contributed by atoms with Crippen LogP contribution in [0.4, 0.5) is 19.0 Å². The number of anilines is 1. The highest BCUT2D eigenvalue weighted by Crippen LogP contribution is 2.31. The maximum Gasteiger partial charge on any atom is 0.268 e. The summed E-state index contributed by atoms with van der Waals surface area (Å²) < 4.78 is 78.8. The van der Waals surface area contributed by atoms with Crippen molar-refractivity contribution in [3.8, 4) is 11.5 Å². The van der Waals surface area contributed by atoms with E-state index in [-0.39, 0.29) is 24.5 Å². The summed E-state index contributed by atoms with van der Waals surface area (Å²) in [5, 5.41) is 7.41. The monoisotopic (exact) mass is 439 g/mol. The van der Waals surface area contributed by atoms with Gasteiger partial charge in [0.05, 0.1) is 20.8 Å². The molecule has 158 valence electrons. The molecule has 7 nitrogen and oxygen atoms in total. The molecule has 0 spiro atoms. The lowest BCUT2D eigenvalue weighted by molar-refractivity contribution is 0.391. The summed E-state index contributed by atoms with van der Waals surface area (Å²) in [5.41, 5.74) is 0.385. The van der Waals surface area contributed by atoms with Gasteiger partial charge < -0.3 is 9.47 Å². The minimum Gasteiger partial charge on any atom is -0.497 e. The molecular formula is C19H16F3N3O4S. The molecule has 0 bridgehead atoms. The third-order valence-corrected chi connectivity index (χ3v) is 5.93. The molecule has 3 aromatic rings. The molecule has 0 amide bonds. The smallest absolute Gasteiger partial charge is 0.268 e. The van der Waals surface area contributed by atoms with Gasteiger partial charge in [-0.2, -0.15) is 5.10 Å². The zero-order chi connectivity index (χ0) is 21.9. The Bertz CT molecular complexity index is 1160. The van der Waals surface area contributed by atoms with Crippen molar-refractivity contribution in [3.05, 3.63) is 71.7 Å². The number of benzene rings is 2. The van der Waals surface area contributed by atoms with E-state index in [1.807, 2.05) is 0 Å². The van der Waals surface area contributed by atoms with Crippen molar-refractivity contribution in [2.24, 2.45) is 0 Å². The molecule has 1 aromatic heterocycles. The lowest BCUT2D eigenvalue weighted by atomic mass is 10.2. The Morgan fingerprint density at radius 2 is 1.70 bits per heavy atom. The van der Waals surface area contributed by atoms with Crippen molar-refractivity contribution < 1.29 is 31.1 Å². The Morgan fingerprint density at radius 1 is 0.967 bits per heavy atom. The van der Waals surface area contributed by atoms with E-state index in [1.54, 1.807) is 12.1 Å². The first kappa shape index (κ1) is 21.4. The molecule has 0 aliphatic heterocycles. The molecule has 1 heterocycles. The van der Waals surface area contributed by atoms with E-state index >= 15 is 0 Å². The Balaban J connectivity index is 2.14. The maximum atomic E-state index is 14.3. The topological polar surface area (TPSA) is 81.6 Å². The van der Waals surface area contributed by atoms with Crippen molar-refractivity contribution in [1.82, 2.24) is 10.2 Å². The van der Waals surface area contributed by atoms with Crippen LogP contribution in [-0.4, -0.2) is 32.8 Å². The molecule has 0 saturated carbocycles. The molecule has 3 rings (SSSR count). The number of aromatic nitrogens is 2. The molecule has 0 atom stereocenters. The van der Waals surface area contributed by atoms with Crippen LogP contribution in [0.5, 0.6) is 11.5 Å². The van der Waals surface area contributed by atoms with E-state index in [1.165, 1.54) is 38.6 Å². The Kier molecular flexibility index (Phi) is 6.11. The van der Waals surface area contributed by atoms with Gasteiger partial charge in [0.1, 0.15) is 22.2 Å². The summed E-state index contributed by atoms with van der Waals surface area (Å²) in [4.78, 5) is -1.04. The molecule has 30 heavy (non-hydrogen) atoms. The van der Waals surface area contributed by atoms with Gasteiger partial charge in [-0.1, -0.05) is 0 Å². The summed E-state index contributed by atoms with van der Waals surface area (Å²) >= 11 is 0. The van der Waals surface area contributed by atoms with Crippen LogP contribution in [0.1, 0.15) is 5.56 Å². The minimum atomic E-state index is -4.70. The lowest BCUT2D eigenvalue weighted by Crippen LogP contribution is -2.32. The lowest BCUT2D eigenvalue weighted by Gasteiger charge is -2.24. The van der Waals surface area contributed by atoms with Crippen molar-refractivity contribution in [2.75, 3.05) is 18.5 Å². The van der Waals surface area contributed by atoms with Crippen LogP contribution >= 0.6 is 0 Å². The molecule has 0 unspecified atom stereocenters. The van der Waals surface area contributed by atoms with Crippen molar-refractivity contribution in [1.29, 1.82) is 0 Å². The molecule has 0 aliphatic rings. The van der Waals surface area contributed by atoms with Gasteiger partial charge >= 0.3 is 0 Å². The number of rotatable bonds is 7. The summed E-state index contributed by atoms with van der Waals surface area (Å²) in [7, 11) is -1.86. The average molecular weight is 439 g/mol. The van der Waals surface area contributed by atoms with Gasteiger partial charge in [-0.3, -0.25) is 0 Å². The van der Waals surface area contributed by atoms with Gasteiger partial charge in [0.25, 0.3) is 10.0 Å². The fourth-order valence-corrected chi connectivity index (χ4v) is 4.12. The van der Waals surface area contributed by atoms with Crippen LogP contribution in [0.3, 0.4) is 0 Å². The number of hydrogen-bond acceptors (Lipinski definition) is 6. The second-order valence-electron chi connectivity index (χ2n) is 5.97. The first-order valence-electron chi connectivity index (χ1n) is 8.43. The number of hydrogen-bond donors (Lipinski definition) is 0. The molecule has 0 fully saturated rings. The van der Waals surface area contributed by atoms with E-state index in [9.17, 15) is 21.6 Å². The fourth-order valence-electron chi connectivity index (χ4n) is 2.67. The molecule has 0 aliphatic carbocycles. The number of ether oxygens (including phenoxy) is 2. The molecule has 0 N–H and O–H groups in total. The predicted octanol–water partition coefficient (Wildman–Crippen LogP) is 3.31. The van der Waals surface area contributed by atoms with Crippen LogP contribution < -0.4 is 13.8 Å². The van der Waals surface area contributed by atoms with Crippen LogP contribution in [0.25, 0.3) is 0 Å². The zero-order valence-corrected chi connectivity index (χ0v) is 16.7. The third-order valence-electron chi connectivity index (χ3n) is 4.16. The normalized spacial score (nSPS) is 11.2. The van der Waals surface area contributed by atoms with Crippen molar-refractivity contribution in [3.63, 3.8) is 0 Å². The van der Waals surface area contributed by atoms with Crippen LogP contribution in [0.15, 0.2) is 53.6 Å². The van der Waals surface area contributed by atoms with Gasteiger partial charge in [-0.25, -0.2) is 25.9 Å². The summed E-state index contributed by atoms with van der Waals surface area (Å²) in [6.45, 7) is -0.355. The van der Waals surface area contributed by atoms with E-state index in [0.717, 1.165) is 4.31 Å². The number of nitrogens with zero attached hydrogens (tertiary/aromatic N) is 3. The largest absolute Gasteiger partial charge is 0.497 e. The Labute approximate surface area is 170 Å². The Morgan fingerprint density at radius 3 is 2.33 bits per heavy atom. The van der Waals surface area contributed by atoms with E-state index in [4.69, 9.17) is 9.47 Å². The molecule has 2 aromatic carbocycles. The highest BCUT2D eigenvalue weighted by atomic mass is 32.2. The third kappa shape index (κ3) is 4.15. The summed E-state index contributed by atoms with van der Waals surface area (Å²) in [5.74, 6) is -3.84. The van der Waals surface area contributed by atoms with E-state index in [2.05, 4.69) is 10.2 Å². The minimum absolute atomic E-state index is 0.153. The van der Waals surface area contributed by atoms with Crippen LogP contribution in [0.2, 0.25) is 0 Å². The SMILES string of the molecule is COc1ccc(CN(c2cccnn2)S(=O)(=O)c2cc(F)c(F)cc2F)c(OC)c1. The standard InChI is InChI=1S/C19H16F3N3O4S/c1-28-13-6-5-12(17(8-13)29-2)11-25(19-4-3-7-23-24-19)30(26,27)18-10-15(21)14(20)9-16(18)22/h3-10H,11H2,1-2H3. The van der Waals surface area contributed by atoms with Crippen molar-refractivity contribution in [2.45, 2.75) is 11.4 Å².